The monoisotopic (exact) mass is 478 g/mol. The number of amides is 1. The van der Waals surface area contributed by atoms with E-state index in [1.165, 1.54) is 23.5 Å². The van der Waals surface area contributed by atoms with E-state index < -0.39 is 0 Å². The summed E-state index contributed by atoms with van der Waals surface area (Å²) in [6.07, 6.45) is 0. The van der Waals surface area contributed by atoms with Gasteiger partial charge in [0.15, 0.2) is 5.13 Å². The van der Waals surface area contributed by atoms with Crippen LogP contribution in [0.15, 0.2) is 47.8 Å². The molecule has 1 aliphatic rings. The van der Waals surface area contributed by atoms with Gasteiger partial charge in [0, 0.05) is 53.7 Å². The predicted molar refractivity (Wildman–Crippen MR) is 124 cm³/mol. The van der Waals surface area contributed by atoms with E-state index in [0.717, 1.165) is 43.0 Å². The molecular weight excluding hydrogens is 458 g/mol. The molecule has 1 N–H and O–H groups in total. The number of piperazine rings is 1. The van der Waals surface area contributed by atoms with Crippen molar-refractivity contribution in [3.8, 4) is 11.3 Å². The van der Waals surface area contributed by atoms with Gasteiger partial charge in [-0.2, -0.15) is 0 Å². The number of benzene rings is 2. The summed E-state index contributed by atoms with van der Waals surface area (Å²) < 4.78 is 13.2. The van der Waals surface area contributed by atoms with Gasteiger partial charge in [-0.3, -0.25) is 14.6 Å². The Balaban J connectivity index is 1.24. The molecule has 1 saturated heterocycles. The predicted octanol–water partition coefficient (Wildman–Crippen LogP) is 5.01. The molecule has 0 bridgehead atoms. The van der Waals surface area contributed by atoms with Crippen LogP contribution in [-0.2, 0) is 11.3 Å². The van der Waals surface area contributed by atoms with Crippen molar-refractivity contribution in [2.45, 2.75) is 6.54 Å². The van der Waals surface area contributed by atoms with Crippen LogP contribution < -0.4 is 5.32 Å². The fourth-order valence-corrected chi connectivity index (χ4v) is 4.53. The molecule has 162 valence electrons. The molecule has 1 amide bonds. The Bertz CT molecular complexity index is 1050. The summed E-state index contributed by atoms with van der Waals surface area (Å²) in [6.45, 7) is 4.19. The third kappa shape index (κ3) is 6.02. The number of anilines is 1. The van der Waals surface area contributed by atoms with Crippen molar-refractivity contribution in [3.63, 3.8) is 0 Å². The molecule has 3 aromatic rings. The van der Waals surface area contributed by atoms with Crippen LogP contribution in [0, 0.1) is 5.82 Å². The Labute approximate surface area is 194 Å². The molecule has 2 heterocycles. The maximum Gasteiger partial charge on any atom is 0.240 e. The van der Waals surface area contributed by atoms with Gasteiger partial charge in [-0.05, 0) is 29.8 Å². The Kier molecular flexibility index (Phi) is 7.20. The highest BCUT2D eigenvalue weighted by molar-refractivity contribution is 7.14. The quantitative estimate of drug-likeness (QED) is 0.540. The number of aromatic nitrogens is 1. The minimum absolute atomic E-state index is 0.0768. The average Bonchev–Trinajstić information content (AvgIpc) is 3.20. The Morgan fingerprint density at radius 2 is 1.77 bits per heavy atom. The number of thiazole rings is 1. The Morgan fingerprint density at radius 1 is 1.06 bits per heavy atom. The lowest BCUT2D eigenvalue weighted by Crippen LogP contribution is -2.48. The molecule has 1 fully saturated rings. The summed E-state index contributed by atoms with van der Waals surface area (Å²) in [5.41, 5.74) is 2.68. The summed E-state index contributed by atoms with van der Waals surface area (Å²) >= 11 is 13.5. The highest BCUT2D eigenvalue weighted by Crippen LogP contribution is 2.26. The summed E-state index contributed by atoms with van der Waals surface area (Å²) in [4.78, 5) is 21.3. The van der Waals surface area contributed by atoms with Crippen LogP contribution in [0.2, 0.25) is 10.0 Å². The first-order valence-electron chi connectivity index (χ1n) is 9.86. The van der Waals surface area contributed by atoms with Crippen LogP contribution in [0.4, 0.5) is 9.52 Å². The second kappa shape index (κ2) is 10.1. The van der Waals surface area contributed by atoms with E-state index in [2.05, 4.69) is 20.1 Å². The van der Waals surface area contributed by atoms with Crippen molar-refractivity contribution in [1.29, 1.82) is 0 Å². The minimum atomic E-state index is -0.329. The van der Waals surface area contributed by atoms with Gasteiger partial charge in [-0.15, -0.1) is 11.3 Å². The molecular formula is C22H21Cl2FN4OS. The average molecular weight is 479 g/mol. The van der Waals surface area contributed by atoms with E-state index in [0.29, 0.717) is 28.3 Å². The van der Waals surface area contributed by atoms with Crippen molar-refractivity contribution in [3.05, 3.63) is 69.3 Å². The van der Waals surface area contributed by atoms with Gasteiger partial charge in [-0.1, -0.05) is 41.4 Å². The number of carbonyl (C=O) groups is 1. The zero-order chi connectivity index (χ0) is 21.8. The molecule has 0 spiro atoms. The second-order valence-electron chi connectivity index (χ2n) is 7.38. The molecule has 0 unspecified atom stereocenters. The maximum absolute atomic E-state index is 13.2. The molecule has 0 radical (unpaired) electrons. The number of halogens is 3. The van der Waals surface area contributed by atoms with Crippen LogP contribution in [0.25, 0.3) is 11.3 Å². The number of carbonyl (C=O) groups excluding carboxylic acids is 1. The van der Waals surface area contributed by atoms with Crippen LogP contribution >= 0.6 is 34.5 Å². The van der Waals surface area contributed by atoms with Crippen molar-refractivity contribution in [1.82, 2.24) is 14.8 Å². The van der Waals surface area contributed by atoms with Crippen LogP contribution in [0.1, 0.15) is 5.56 Å². The molecule has 9 heteroatoms. The smallest absolute Gasteiger partial charge is 0.240 e. The fraction of sp³-hybridized carbons (Fsp3) is 0.273. The third-order valence-electron chi connectivity index (χ3n) is 5.13. The highest BCUT2D eigenvalue weighted by atomic mass is 35.5. The molecule has 31 heavy (non-hydrogen) atoms. The van der Waals surface area contributed by atoms with E-state index in [1.807, 2.05) is 29.6 Å². The standard InChI is InChI=1S/C22H21Cl2FN4OS/c23-17-4-1-15(2-5-17)20-14-31-22(26-20)27-21(30)13-29-9-7-28(8-10-29)12-16-3-6-18(25)11-19(16)24/h1-6,11,14H,7-10,12-13H2,(H,26,27,30). The first-order chi connectivity index (χ1) is 15.0. The number of hydrogen-bond acceptors (Lipinski definition) is 5. The topological polar surface area (TPSA) is 48.5 Å². The lowest BCUT2D eigenvalue weighted by atomic mass is 10.2. The number of nitrogens with one attached hydrogen (secondary N) is 1. The third-order valence-corrected chi connectivity index (χ3v) is 6.49. The maximum atomic E-state index is 13.2. The van der Waals surface area contributed by atoms with Gasteiger partial charge in [0.05, 0.1) is 12.2 Å². The molecule has 4 rings (SSSR count). The first-order valence-corrected chi connectivity index (χ1v) is 11.5. The van der Waals surface area contributed by atoms with Crippen molar-refractivity contribution in [2.75, 3.05) is 38.0 Å². The van der Waals surface area contributed by atoms with Crippen molar-refractivity contribution in [2.24, 2.45) is 0 Å². The van der Waals surface area contributed by atoms with Gasteiger partial charge >= 0.3 is 0 Å². The summed E-state index contributed by atoms with van der Waals surface area (Å²) in [5, 5.41) is 6.51. The minimum Gasteiger partial charge on any atom is -0.301 e. The van der Waals surface area contributed by atoms with Crippen molar-refractivity contribution < 1.29 is 9.18 Å². The van der Waals surface area contributed by atoms with E-state index in [-0.39, 0.29) is 11.7 Å². The van der Waals surface area contributed by atoms with Gasteiger partial charge in [-0.25, -0.2) is 9.37 Å². The fourth-order valence-electron chi connectivity index (χ4n) is 3.44. The summed E-state index contributed by atoms with van der Waals surface area (Å²) in [5.74, 6) is -0.405. The molecule has 0 saturated carbocycles. The normalized spacial score (nSPS) is 15.2. The lowest BCUT2D eigenvalue weighted by molar-refractivity contribution is -0.117. The zero-order valence-corrected chi connectivity index (χ0v) is 19.0. The first kappa shape index (κ1) is 22.2. The van der Waals surface area contributed by atoms with Crippen LogP contribution in [-0.4, -0.2) is 53.4 Å². The van der Waals surface area contributed by atoms with E-state index in [1.54, 1.807) is 6.07 Å². The Hall–Kier alpha value is -2.03. The second-order valence-corrected chi connectivity index (χ2v) is 9.08. The zero-order valence-electron chi connectivity index (χ0n) is 16.7. The van der Waals surface area contributed by atoms with E-state index in [9.17, 15) is 9.18 Å². The largest absolute Gasteiger partial charge is 0.301 e. The molecule has 1 aliphatic heterocycles. The highest BCUT2D eigenvalue weighted by Gasteiger charge is 2.20. The van der Waals surface area contributed by atoms with Crippen molar-refractivity contribution >= 4 is 45.6 Å². The van der Waals surface area contributed by atoms with Gasteiger partial charge in [0.2, 0.25) is 5.91 Å². The molecule has 0 atom stereocenters. The summed E-state index contributed by atoms with van der Waals surface area (Å²) in [6, 6.07) is 11.9. The van der Waals surface area contributed by atoms with Gasteiger partial charge in [0.1, 0.15) is 5.82 Å². The molecule has 5 nitrogen and oxygen atoms in total. The molecule has 1 aromatic heterocycles. The number of nitrogens with zero attached hydrogens (tertiary/aromatic N) is 3. The van der Waals surface area contributed by atoms with Gasteiger partial charge in [0.25, 0.3) is 0 Å². The van der Waals surface area contributed by atoms with Gasteiger partial charge < -0.3 is 5.32 Å². The summed E-state index contributed by atoms with van der Waals surface area (Å²) in [7, 11) is 0. The van der Waals surface area contributed by atoms with Crippen LogP contribution in [0.3, 0.4) is 0 Å². The lowest BCUT2D eigenvalue weighted by Gasteiger charge is -2.34. The van der Waals surface area contributed by atoms with E-state index in [4.69, 9.17) is 23.2 Å². The molecule has 0 aliphatic carbocycles. The number of hydrogen-bond donors (Lipinski definition) is 1. The number of rotatable bonds is 6. The van der Waals surface area contributed by atoms with E-state index >= 15 is 0 Å². The molecule has 2 aromatic carbocycles. The van der Waals surface area contributed by atoms with Crippen LogP contribution in [0.5, 0.6) is 0 Å². The SMILES string of the molecule is O=C(CN1CCN(Cc2ccc(F)cc2Cl)CC1)Nc1nc(-c2ccc(Cl)cc2)cs1. The Morgan fingerprint density at radius 3 is 2.48 bits per heavy atom.